The van der Waals surface area contributed by atoms with Crippen molar-refractivity contribution in [2.45, 2.75) is 25.3 Å². The Morgan fingerprint density at radius 1 is 1.17 bits per heavy atom. The number of allylic oxidation sites excluding steroid dienone is 2. The van der Waals surface area contributed by atoms with E-state index in [4.69, 9.17) is 11.6 Å². The zero-order valence-corrected chi connectivity index (χ0v) is 13.7. The Kier molecular flexibility index (Phi) is 3.50. The number of halogens is 1. The quantitative estimate of drug-likeness (QED) is 0.594. The third kappa shape index (κ3) is 2.47. The summed E-state index contributed by atoms with van der Waals surface area (Å²) in [7, 11) is 0. The minimum Gasteiger partial charge on any atom is -0.378 e. The molecule has 0 saturated carbocycles. The molecule has 1 aliphatic heterocycles. The van der Waals surface area contributed by atoms with Crippen LogP contribution in [0.4, 0.5) is 5.69 Å². The van der Waals surface area contributed by atoms with Crippen molar-refractivity contribution in [2.24, 2.45) is 5.92 Å². The molecule has 0 fully saturated rings. The minimum absolute atomic E-state index is 0.117. The van der Waals surface area contributed by atoms with Crippen molar-refractivity contribution in [1.29, 1.82) is 0 Å². The molecule has 3 atom stereocenters. The second-order valence-electron chi connectivity index (χ2n) is 6.39. The molecule has 0 radical (unpaired) electrons. The Bertz CT molecular complexity index is 794. The van der Waals surface area contributed by atoms with Crippen LogP contribution < -0.4 is 5.32 Å². The van der Waals surface area contributed by atoms with Crippen molar-refractivity contribution in [3.05, 3.63) is 76.3 Å². The maximum absolute atomic E-state index is 11.7. The van der Waals surface area contributed by atoms with E-state index in [1.165, 1.54) is 11.1 Å². The molecule has 1 heterocycles. The van der Waals surface area contributed by atoms with Gasteiger partial charge in [-0.3, -0.25) is 4.79 Å². The van der Waals surface area contributed by atoms with Crippen molar-refractivity contribution in [2.75, 3.05) is 5.32 Å². The number of Topliss-reactive ketones (excluding diaryl/α,β-unsaturated/α-hetero) is 1. The van der Waals surface area contributed by atoms with Gasteiger partial charge in [-0.05, 0) is 60.7 Å². The van der Waals surface area contributed by atoms with Gasteiger partial charge in [0.15, 0.2) is 5.78 Å². The van der Waals surface area contributed by atoms with Gasteiger partial charge in [-0.15, -0.1) is 0 Å². The standard InChI is InChI=1S/C20H18ClNO/c1-12(23)14-7-10-19-18(11-14)16-3-2-4-17(16)20(22-19)13-5-8-15(21)9-6-13/h2-3,5-11,16-17,20,22H,4H2,1H3/t16-,17-,20+/m1/s1. The van der Waals surface area contributed by atoms with Gasteiger partial charge in [-0.1, -0.05) is 35.9 Å². The summed E-state index contributed by atoms with van der Waals surface area (Å²) in [6.07, 6.45) is 5.60. The fourth-order valence-corrected chi connectivity index (χ4v) is 3.94. The van der Waals surface area contributed by atoms with Gasteiger partial charge in [0.2, 0.25) is 0 Å². The van der Waals surface area contributed by atoms with Crippen molar-refractivity contribution in [3.8, 4) is 0 Å². The molecule has 2 aromatic carbocycles. The monoisotopic (exact) mass is 323 g/mol. The molecule has 2 aliphatic rings. The Hall–Kier alpha value is -2.06. The molecule has 2 aromatic rings. The molecular weight excluding hydrogens is 306 g/mol. The molecular formula is C20H18ClNO. The van der Waals surface area contributed by atoms with Crippen molar-refractivity contribution in [3.63, 3.8) is 0 Å². The lowest BCUT2D eigenvalue weighted by Gasteiger charge is -2.37. The van der Waals surface area contributed by atoms with Gasteiger partial charge in [0.25, 0.3) is 0 Å². The van der Waals surface area contributed by atoms with E-state index in [1.54, 1.807) is 6.92 Å². The molecule has 116 valence electrons. The van der Waals surface area contributed by atoms with Gasteiger partial charge < -0.3 is 5.32 Å². The Balaban J connectivity index is 1.77. The highest BCUT2D eigenvalue weighted by molar-refractivity contribution is 6.30. The lowest BCUT2D eigenvalue weighted by molar-refractivity contribution is 0.101. The van der Waals surface area contributed by atoms with Crippen LogP contribution in [-0.2, 0) is 0 Å². The summed E-state index contributed by atoms with van der Waals surface area (Å²) in [5.74, 6) is 0.961. The molecule has 0 aromatic heterocycles. The van der Waals surface area contributed by atoms with E-state index in [0.717, 1.165) is 22.7 Å². The van der Waals surface area contributed by atoms with Crippen LogP contribution in [0, 0.1) is 5.92 Å². The number of ketones is 1. The fraction of sp³-hybridized carbons (Fsp3) is 0.250. The van der Waals surface area contributed by atoms with Crippen LogP contribution >= 0.6 is 11.6 Å². The lowest BCUT2D eigenvalue weighted by atomic mass is 9.76. The molecule has 0 unspecified atom stereocenters. The Morgan fingerprint density at radius 3 is 2.70 bits per heavy atom. The number of nitrogens with one attached hydrogen (secondary N) is 1. The molecule has 1 N–H and O–H groups in total. The Morgan fingerprint density at radius 2 is 1.96 bits per heavy atom. The van der Waals surface area contributed by atoms with Crippen LogP contribution in [0.2, 0.25) is 5.02 Å². The normalized spacial score (nSPS) is 24.7. The molecule has 2 nitrogen and oxygen atoms in total. The van der Waals surface area contributed by atoms with Crippen LogP contribution in [0.15, 0.2) is 54.6 Å². The van der Waals surface area contributed by atoms with E-state index >= 15 is 0 Å². The predicted molar refractivity (Wildman–Crippen MR) is 94.3 cm³/mol. The van der Waals surface area contributed by atoms with E-state index in [-0.39, 0.29) is 11.8 Å². The van der Waals surface area contributed by atoms with Crippen molar-refractivity contribution >= 4 is 23.1 Å². The second kappa shape index (κ2) is 5.54. The van der Waals surface area contributed by atoms with Crippen LogP contribution in [-0.4, -0.2) is 5.78 Å². The van der Waals surface area contributed by atoms with Gasteiger partial charge >= 0.3 is 0 Å². The molecule has 0 amide bonds. The number of carbonyl (C=O) groups excluding carboxylic acids is 1. The molecule has 3 heteroatoms. The number of rotatable bonds is 2. The maximum atomic E-state index is 11.7. The van der Waals surface area contributed by atoms with Gasteiger partial charge in [0.05, 0.1) is 6.04 Å². The molecule has 4 rings (SSSR count). The molecule has 0 spiro atoms. The van der Waals surface area contributed by atoms with Crippen molar-refractivity contribution in [1.82, 2.24) is 0 Å². The smallest absolute Gasteiger partial charge is 0.159 e. The topological polar surface area (TPSA) is 29.1 Å². The first-order chi connectivity index (χ1) is 11.1. The van der Waals surface area contributed by atoms with Crippen molar-refractivity contribution < 1.29 is 4.79 Å². The van der Waals surface area contributed by atoms with E-state index in [0.29, 0.717) is 11.8 Å². The largest absolute Gasteiger partial charge is 0.378 e. The molecule has 23 heavy (non-hydrogen) atoms. The third-order valence-corrected chi connectivity index (χ3v) is 5.25. The number of carbonyl (C=O) groups is 1. The van der Waals surface area contributed by atoms with Gasteiger partial charge in [-0.25, -0.2) is 0 Å². The van der Waals surface area contributed by atoms with Crippen LogP contribution in [0.1, 0.15) is 46.8 Å². The maximum Gasteiger partial charge on any atom is 0.159 e. The highest BCUT2D eigenvalue weighted by Crippen LogP contribution is 2.49. The number of hydrogen-bond donors (Lipinski definition) is 1. The molecule has 0 bridgehead atoms. The first kappa shape index (κ1) is 14.5. The zero-order valence-electron chi connectivity index (χ0n) is 12.9. The summed E-state index contributed by atoms with van der Waals surface area (Å²) in [5, 5.41) is 4.44. The average Bonchev–Trinajstić information content (AvgIpc) is 3.04. The fourth-order valence-electron chi connectivity index (χ4n) is 3.81. The van der Waals surface area contributed by atoms with Gasteiger partial charge in [0.1, 0.15) is 0 Å². The third-order valence-electron chi connectivity index (χ3n) is 5.00. The van der Waals surface area contributed by atoms with E-state index in [2.05, 4.69) is 35.7 Å². The minimum atomic E-state index is 0.117. The van der Waals surface area contributed by atoms with Crippen LogP contribution in [0.25, 0.3) is 0 Å². The second-order valence-corrected chi connectivity index (χ2v) is 6.82. The average molecular weight is 324 g/mol. The first-order valence-corrected chi connectivity index (χ1v) is 8.35. The van der Waals surface area contributed by atoms with Gasteiger partial charge in [0, 0.05) is 22.2 Å². The predicted octanol–water partition coefficient (Wildman–Crippen LogP) is 5.37. The highest BCUT2D eigenvalue weighted by Gasteiger charge is 2.37. The van der Waals surface area contributed by atoms with Crippen LogP contribution in [0.3, 0.4) is 0 Å². The highest BCUT2D eigenvalue weighted by atomic mass is 35.5. The molecule has 1 aliphatic carbocycles. The number of hydrogen-bond acceptors (Lipinski definition) is 2. The van der Waals surface area contributed by atoms with E-state index < -0.39 is 0 Å². The summed E-state index contributed by atoms with van der Waals surface area (Å²) in [5.41, 5.74) is 4.41. The zero-order chi connectivity index (χ0) is 16.0. The Labute approximate surface area is 141 Å². The van der Waals surface area contributed by atoms with Crippen LogP contribution in [0.5, 0.6) is 0 Å². The first-order valence-electron chi connectivity index (χ1n) is 7.97. The SMILES string of the molecule is CC(=O)c1ccc2c(c1)[C@@H]1C=CC[C@H]1[C@H](c1ccc(Cl)cc1)N2. The van der Waals surface area contributed by atoms with E-state index in [9.17, 15) is 4.79 Å². The number of fused-ring (bicyclic) bond motifs is 3. The summed E-state index contributed by atoms with van der Waals surface area (Å²) in [6.45, 7) is 1.62. The summed E-state index contributed by atoms with van der Waals surface area (Å²) in [6, 6.07) is 14.4. The van der Waals surface area contributed by atoms with Gasteiger partial charge in [-0.2, -0.15) is 0 Å². The molecule has 0 saturated heterocycles. The number of anilines is 1. The summed E-state index contributed by atoms with van der Waals surface area (Å²) >= 11 is 6.03. The summed E-state index contributed by atoms with van der Waals surface area (Å²) < 4.78 is 0. The lowest BCUT2D eigenvalue weighted by Crippen LogP contribution is -2.29. The summed E-state index contributed by atoms with van der Waals surface area (Å²) in [4.78, 5) is 11.7. The van der Waals surface area contributed by atoms with E-state index in [1.807, 2.05) is 24.3 Å². The number of benzene rings is 2.